The van der Waals surface area contributed by atoms with E-state index in [0.717, 1.165) is 0 Å². The second kappa shape index (κ2) is 12.4. The summed E-state index contributed by atoms with van der Waals surface area (Å²) < 4.78 is 17.4. The third-order valence-electron chi connectivity index (χ3n) is 7.61. The van der Waals surface area contributed by atoms with E-state index >= 15 is 0 Å². The van der Waals surface area contributed by atoms with Gasteiger partial charge in [0.05, 0.1) is 25.7 Å². The number of fused-ring (bicyclic) bond motifs is 3. The molecule has 2 aliphatic heterocycles. The fourth-order valence-electron chi connectivity index (χ4n) is 5.68. The van der Waals surface area contributed by atoms with Gasteiger partial charge in [0.25, 0.3) is 5.91 Å². The van der Waals surface area contributed by atoms with Crippen LogP contribution in [0.5, 0.6) is 11.5 Å². The Morgan fingerprint density at radius 3 is 2.71 bits per heavy atom. The van der Waals surface area contributed by atoms with Gasteiger partial charge < -0.3 is 34.6 Å². The molecule has 5 unspecified atom stereocenters. The highest BCUT2D eigenvalue weighted by Gasteiger charge is 2.52. The summed E-state index contributed by atoms with van der Waals surface area (Å²) in [6, 6.07) is 7.02. The molecule has 0 bridgehead atoms. The van der Waals surface area contributed by atoms with E-state index in [-0.39, 0.29) is 36.9 Å². The standard InChI is InChI=1S/C29H30Cl2N2O8/c1-39-23-10-15(14-35)9-18-24-19(28(37)32-6-7-34)12-21(25(36)27(24)41-26(18)23)33(29(38)22-3-2-8-40-22)13-16-4-5-17(30)11-20(16)31/h4-5,9-12,14,21-22,24-25,27,34,36H,2-3,6-8,13H2,1H3,(H,32,37). The molecule has 12 heteroatoms. The van der Waals surface area contributed by atoms with Gasteiger partial charge in [0.15, 0.2) is 11.5 Å². The number of halogens is 2. The molecule has 1 aliphatic carbocycles. The Morgan fingerprint density at radius 1 is 1.24 bits per heavy atom. The molecule has 41 heavy (non-hydrogen) atoms. The molecule has 2 amide bonds. The highest BCUT2D eigenvalue weighted by Crippen LogP contribution is 2.51. The van der Waals surface area contributed by atoms with Crippen LogP contribution >= 0.6 is 23.2 Å². The first-order valence-corrected chi connectivity index (χ1v) is 14.0. The monoisotopic (exact) mass is 604 g/mol. The normalized spacial score (nSPS) is 24.5. The van der Waals surface area contributed by atoms with Gasteiger partial charge in [-0.3, -0.25) is 14.4 Å². The molecule has 1 saturated heterocycles. The lowest BCUT2D eigenvalue weighted by Crippen LogP contribution is -2.57. The number of rotatable bonds is 9. The fraction of sp³-hybridized carbons (Fsp3) is 0.414. The number of hydrogen-bond acceptors (Lipinski definition) is 8. The largest absolute Gasteiger partial charge is 0.493 e. The summed E-state index contributed by atoms with van der Waals surface area (Å²) >= 11 is 12.6. The molecule has 5 atom stereocenters. The molecular weight excluding hydrogens is 575 g/mol. The predicted octanol–water partition coefficient (Wildman–Crippen LogP) is 2.64. The summed E-state index contributed by atoms with van der Waals surface area (Å²) in [4.78, 5) is 40.5. The molecule has 218 valence electrons. The van der Waals surface area contributed by atoms with Gasteiger partial charge >= 0.3 is 0 Å². The summed E-state index contributed by atoms with van der Waals surface area (Å²) in [5.41, 5.74) is 1.61. The van der Waals surface area contributed by atoms with Crippen LogP contribution in [0.2, 0.25) is 10.0 Å². The van der Waals surface area contributed by atoms with Crippen LogP contribution in [0.1, 0.15) is 40.2 Å². The van der Waals surface area contributed by atoms with Crippen molar-refractivity contribution >= 4 is 41.3 Å². The van der Waals surface area contributed by atoms with E-state index in [1.54, 1.807) is 30.3 Å². The molecular formula is C29H30Cl2N2O8. The zero-order valence-corrected chi connectivity index (χ0v) is 23.7. The van der Waals surface area contributed by atoms with Crippen molar-refractivity contribution in [2.24, 2.45) is 0 Å². The van der Waals surface area contributed by atoms with Crippen molar-refractivity contribution in [1.82, 2.24) is 10.2 Å². The molecule has 2 heterocycles. The number of nitrogens with zero attached hydrogens (tertiary/aromatic N) is 1. The third-order valence-corrected chi connectivity index (χ3v) is 8.20. The molecule has 2 aromatic carbocycles. The smallest absolute Gasteiger partial charge is 0.252 e. The highest BCUT2D eigenvalue weighted by molar-refractivity contribution is 6.35. The Balaban J connectivity index is 1.61. The SMILES string of the molecule is COc1cc(C=O)cc2c1OC1C2C(C(=O)NCCO)=CC(N(Cc2ccc(Cl)cc2Cl)C(=O)C2CCCO2)C1O. The average Bonchev–Trinajstić information content (AvgIpc) is 3.64. The molecule has 0 saturated carbocycles. The van der Waals surface area contributed by atoms with Crippen molar-refractivity contribution < 1.29 is 38.8 Å². The number of nitrogens with one attached hydrogen (secondary N) is 1. The van der Waals surface area contributed by atoms with Crippen LogP contribution in [-0.2, 0) is 20.9 Å². The molecule has 5 rings (SSSR count). The van der Waals surface area contributed by atoms with Crippen LogP contribution in [0.3, 0.4) is 0 Å². The molecule has 0 spiro atoms. The van der Waals surface area contributed by atoms with Crippen LogP contribution < -0.4 is 14.8 Å². The number of aliphatic hydroxyl groups excluding tert-OH is 2. The number of aliphatic hydroxyl groups is 2. The van der Waals surface area contributed by atoms with Crippen LogP contribution in [-0.4, -0.2) is 84.4 Å². The maximum atomic E-state index is 13.9. The number of ether oxygens (including phenoxy) is 3. The van der Waals surface area contributed by atoms with Crippen molar-refractivity contribution in [3.05, 3.63) is 68.7 Å². The topological polar surface area (TPSA) is 135 Å². The molecule has 10 nitrogen and oxygen atoms in total. The molecule has 0 radical (unpaired) electrons. The second-order valence-electron chi connectivity index (χ2n) is 10.1. The molecule has 3 aliphatic rings. The van der Waals surface area contributed by atoms with Gasteiger partial charge in [0.1, 0.15) is 24.6 Å². The Morgan fingerprint density at radius 2 is 2.05 bits per heavy atom. The lowest BCUT2D eigenvalue weighted by atomic mass is 9.77. The summed E-state index contributed by atoms with van der Waals surface area (Å²) in [5, 5.41) is 24.6. The van der Waals surface area contributed by atoms with Gasteiger partial charge in [-0.25, -0.2) is 0 Å². The maximum absolute atomic E-state index is 13.9. The number of amides is 2. The first-order chi connectivity index (χ1) is 19.8. The highest BCUT2D eigenvalue weighted by atomic mass is 35.5. The van der Waals surface area contributed by atoms with E-state index in [4.69, 9.17) is 37.4 Å². The van der Waals surface area contributed by atoms with E-state index in [1.807, 2.05) is 0 Å². The quantitative estimate of drug-likeness (QED) is 0.372. The van der Waals surface area contributed by atoms with Gasteiger partial charge in [0, 0.05) is 46.4 Å². The van der Waals surface area contributed by atoms with Crippen LogP contribution in [0.4, 0.5) is 0 Å². The van der Waals surface area contributed by atoms with Gasteiger partial charge in [-0.1, -0.05) is 29.3 Å². The van der Waals surface area contributed by atoms with Crippen molar-refractivity contribution in [2.75, 3.05) is 26.9 Å². The number of carbonyl (C=O) groups is 3. The van der Waals surface area contributed by atoms with E-state index in [9.17, 15) is 24.6 Å². The fourth-order valence-corrected chi connectivity index (χ4v) is 6.15. The number of hydrogen-bond donors (Lipinski definition) is 3. The molecule has 2 aromatic rings. The van der Waals surface area contributed by atoms with E-state index in [1.165, 1.54) is 18.1 Å². The first-order valence-electron chi connectivity index (χ1n) is 13.3. The van der Waals surface area contributed by atoms with E-state index < -0.39 is 36.2 Å². The van der Waals surface area contributed by atoms with Crippen LogP contribution in [0, 0.1) is 0 Å². The Hall–Kier alpha value is -3.15. The summed E-state index contributed by atoms with van der Waals surface area (Å²) in [5.74, 6) is -1.07. The van der Waals surface area contributed by atoms with E-state index in [0.29, 0.717) is 58.2 Å². The van der Waals surface area contributed by atoms with E-state index in [2.05, 4.69) is 5.32 Å². The van der Waals surface area contributed by atoms with Crippen LogP contribution in [0.15, 0.2) is 42.0 Å². The molecule has 3 N–H and O–H groups in total. The van der Waals surface area contributed by atoms with Gasteiger partial charge in [-0.05, 0) is 48.7 Å². The number of benzene rings is 2. The first kappa shape index (κ1) is 29.3. The minimum Gasteiger partial charge on any atom is -0.493 e. The Bertz CT molecular complexity index is 1380. The van der Waals surface area contributed by atoms with Crippen molar-refractivity contribution in [3.63, 3.8) is 0 Å². The maximum Gasteiger partial charge on any atom is 0.252 e. The van der Waals surface area contributed by atoms with Gasteiger partial charge in [0.2, 0.25) is 5.91 Å². The molecule has 1 fully saturated rings. The second-order valence-corrected chi connectivity index (χ2v) is 10.9. The number of carbonyl (C=O) groups excluding carboxylic acids is 3. The summed E-state index contributed by atoms with van der Waals surface area (Å²) in [6.45, 7) is 0.145. The van der Waals surface area contributed by atoms with Gasteiger partial charge in [-0.15, -0.1) is 0 Å². The lowest BCUT2D eigenvalue weighted by Gasteiger charge is -2.41. The summed E-state index contributed by atoms with van der Waals surface area (Å²) in [6.07, 6.45) is 0.432. The molecule has 0 aromatic heterocycles. The number of methoxy groups -OCH3 is 1. The zero-order valence-electron chi connectivity index (χ0n) is 22.2. The minimum absolute atomic E-state index is 0.00140. The lowest BCUT2D eigenvalue weighted by molar-refractivity contribution is -0.147. The third kappa shape index (κ3) is 5.67. The van der Waals surface area contributed by atoms with Crippen LogP contribution in [0.25, 0.3) is 0 Å². The zero-order chi connectivity index (χ0) is 29.3. The van der Waals surface area contributed by atoms with Crippen molar-refractivity contribution in [3.8, 4) is 11.5 Å². The van der Waals surface area contributed by atoms with Crippen molar-refractivity contribution in [1.29, 1.82) is 0 Å². The van der Waals surface area contributed by atoms with Gasteiger partial charge in [-0.2, -0.15) is 0 Å². The Kier molecular flexibility index (Phi) is 8.86. The average molecular weight is 605 g/mol. The predicted molar refractivity (Wildman–Crippen MR) is 149 cm³/mol. The van der Waals surface area contributed by atoms with Crippen molar-refractivity contribution in [2.45, 2.75) is 49.7 Å². The number of aldehydes is 1. The Labute approximate surface area is 246 Å². The minimum atomic E-state index is -1.29. The summed E-state index contributed by atoms with van der Waals surface area (Å²) in [7, 11) is 1.43.